The summed E-state index contributed by atoms with van der Waals surface area (Å²) in [6.45, 7) is 1.81. The van der Waals surface area contributed by atoms with Crippen LogP contribution >= 0.6 is 11.6 Å². The fourth-order valence-corrected chi connectivity index (χ4v) is 3.66. The molecule has 0 amide bonds. The van der Waals surface area contributed by atoms with Crippen LogP contribution in [0.25, 0.3) is 0 Å². The largest absolute Gasteiger partial charge is 0.370 e. The molecule has 1 aromatic carbocycles. The standard InChI is InChI=1S/C11H14ClNO2S/c1-16(14,15)11-9(12)5-4-6-10(11)13-7-2-3-8-13/h4-6H,2-3,7-8H2,1H3. The van der Waals surface area contributed by atoms with Gasteiger partial charge in [-0.2, -0.15) is 0 Å². The highest BCUT2D eigenvalue weighted by atomic mass is 35.5. The molecule has 1 aliphatic heterocycles. The van der Waals surface area contributed by atoms with Crippen LogP contribution in [0.3, 0.4) is 0 Å². The molecule has 0 bridgehead atoms. The topological polar surface area (TPSA) is 37.4 Å². The van der Waals surface area contributed by atoms with Gasteiger partial charge in [0.2, 0.25) is 0 Å². The van der Waals surface area contributed by atoms with Gasteiger partial charge in [0.1, 0.15) is 4.90 Å². The van der Waals surface area contributed by atoms with E-state index in [9.17, 15) is 8.42 Å². The molecule has 0 saturated carbocycles. The minimum absolute atomic E-state index is 0.263. The minimum Gasteiger partial charge on any atom is -0.370 e. The summed E-state index contributed by atoms with van der Waals surface area (Å²) in [7, 11) is -3.28. The number of halogens is 1. The van der Waals surface area contributed by atoms with Gasteiger partial charge in [-0.15, -0.1) is 0 Å². The fourth-order valence-electron chi connectivity index (χ4n) is 2.07. The highest BCUT2D eigenvalue weighted by Gasteiger charge is 2.22. The Hall–Kier alpha value is -0.740. The van der Waals surface area contributed by atoms with E-state index in [1.54, 1.807) is 12.1 Å². The number of hydrogen-bond donors (Lipinski definition) is 0. The molecule has 1 aliphatic rings. The minimum atomic E-state index is -3.28. The molecule has 0 spiro atoms. The maximum Gasteiger partial charge on any atom is 0.179 e. The summed E-state index contributed by atoms with van der Waals surface area (Å²) in [6.07, 6.45) is 3.42. The van der Waals surface area contributed by atoms with Crippen molar-refractivity contribution in [3.8, 4) is 0 Å². The molecule has 1 fully saturated rings. The monoisotopic (exact) mass is 259 g/mol. The maximum absolute atomic E-state index is 11.7. The third-order valence-corrected chi connectivity index (χ3v) is 4.36. The van der Waals surface area contributed by atoms with Crippen molar-refractivity contribution in [3.05, 3.63) is 23.2 Å². The molecule has 3 nitrogen and oxygen atoms in total. The fraction of sp³-hybridized carbons (Fsp3) is 0.455. The Kier molecular flexibility index (Phi) is 3.13. The molecule has 1 heterocycles. The Balaban J connectivity index is 2.56. The molecule has 16 heavy (non-hydrogen) atoms. The van der Waals surface area contributed by atoms with Crippen LogP contribution in [0.1, 0.15) is 12.8 Å². The normalized spacial score (nSPS) is 16.8. The Bertz CT molecular complexity index is 493. The number of hydrogen-bond acceptors (Lipinski definition) is 3. The van der Waals surface area contributed by atoms with Gasteiger partial charge in [-0.1, -0.05) is 17.7 Å². The van der Waals surface area contributed by atoms with E-state index in [1.807, 2.05) is 6.07 Å². The maximum atomic E-state index is 11.7. The zero-order valence-electron chi connectivity index (χ0n) is 9.11. The molecule has 0 aromatic heterocycles. The molecule has 88 valence electrons. The van der Waals surface area contributed by atoms with E-state index in [4.69, 9.17) is 11.6 Å². The van der Waals surface area contributed by atoms with Crippen molar-refractivity contribution in [1.82, 2.24) is 0 Å². The number of sulfone groups is 1. The summed E-state index contributed by atoms with van der Waals surface area (Å²) in [4.78, 5) is 2.35. The van der Waals surface area contributed by atoms with Crippen molar-refractivity contribution in [2.75, 3.05) is 24.2 Å². The highest BCUT2D eigenvalue weighted by Crippen LogP contribution is 2.33. The summed E-state index contributed by atoms with van der Waals surface area (Å²) >= 11 is 5.99. The summed E-state index contributed by atoms with van der Waals surface area (Å²) in [5.41, 5.74) is 0.743. The van der Waals surface area contributed by atoms with Gasteiger partial charge < -0.3 is 4.90 Å². The third kappa shape index (κ3) is 2.18. The molecule has 1 saturated heterocycles. The van der Waals surface area contributed by atoms with Crippen molar-refractivity contribution in [1.29, 1.82) is 0 Å². The second-order valence-corrected chi connectivity index (χ2v) is 6.41. The zero-order chi connectivity index (χ0) is 11.8. The van der Waals surface area contributed by atoms with Crippen molar-refractivity contribution < 1.29 is 8.42 Å². The quantitative estimate of drug-likeness (QED) is 0.818. The summed E-state index contributed by atoms with van der Waals surface area (Å²) in [5.74, 6) is 0. The Morgan fingerprint density at radius 1 is 1.25 bits per heavy atom. The van der Waals surface area contributed by atoms with E-state index in [1.165, 1.54) is 6.26 Å². The molecule has 0 N–H and O–H groups in total. The molecular weight excluding hydrogens is 246 g/mol. The lowest BCUT2D eigenvalue weighted by molar-refractivity contribution is 0.601. The average Bonchev–Trinajstić information content (AvgIpc) is 2.67. The van der Waals surface area contributed by atoms with Crippen molar-refractivity contribution in [3.63, 3.8) is 0 Å². The van der Waals surface area contributed by atoms with Crippen LogP contribution in [-0.2, 0) is 9.84 Å². The van der Waals surface area contributed by atoms with Crippen LogP contribution in [0, 0.1) is 0 Å². The lowest BCUT2D eigenvalue weighted by Crippen LogP contribution is -2.20. The Labute approximate surface area is 101 Å². The number of rotatable bonds is 2. The van der Waals surface area contributed by atoms with E-state index in [-0.39, 0.29) is 4.90 Å². The first-order chi connectivity index (χ1) is 7.50. The lowest BCUT2D eigenvalue weighted by Gasteiger charge is -2.21. The number of benzene rings is 1. The number of nitrogens with zero attached hydrogens (tertiary/aromatic N) is 1. The van der Waals surface area contributed by atoms with Crippen LogP contribution in [0.2, 0.25) is 5.02 Å². The predicted octanol–water partition coefficient (Wildman–Crippen LogP) is 2.34. The van der Waals surface area contributed by atoms with Gasteiger partial charge in [0.25, 0.3) is 0 Å². The van der Waals surface area contributed by atoms with Crippen molar-refractivity contribution in [2.24, 2.45) is 0 Å². The molecule has 2 rings (SSSR count). The first kappa shape index (κ1) is 11.7. The SMILES string of the molecule is CS(=O)(=O)c1c(Cl)cccc1N1CCCC1. The van der Waals surface area contributed by atoms with Gasteiger partial charge in [-0.05, 0) is 25.0 Å². The van der Waals surface area contributed by atoms with E-state index >= 15 is 0 Å². The van der Waals surface area contributed by atoms with Crippen LogP contribution in [0.4, 0.5) is 5.69 Å². The van der Waals surface area contributed by atoms with Crippen LogP contribution in [0.5, 0.6) is 0 Å². The Morgan fingerprint density at radius 3 is 2.44 bits per heavy atom. The van der Waals surface area contributed by atoms with E-state index < -0.39 is 9.84 Å². The van der Waals surface area contributed by atoms with Crippen LogP contribution < -0.4 is 4.90 Å². The van der Waals surface area contributed by atoms with E-state index in [0.29, 0.717) is 5.02 Å². The van der Waals surface area contributed by atoms with Gasteiger partial charge in [0.15, 0.2) is 9.84 Å². The van der Waals surface area contributed by atoms with Gasteiger partial charge in [-0.3, -0.25) is 0 Å². The van der Waals surface area contributed by atoms with Gasteiger partial charge in [-0.25, -0.2) is 8.42 Å². The molecule has 5 heteroatoms. The molecule has 0 radical (unpaired) electrons. The summed E-state index contributed by atoms with van der Waals surface area (Å²) in [5, 5.41) is 0.312. The predicted molar refractivity (Wildman–Crippen MR) is 66.0 cm³/mol. The van der Waals surface area contributed by atoms with Crippen LogP contribution in [-0.4, -0.2) is 27.8 Å². The van der Waals surface area contributed by atoms with Crippen molar-refractivity contribution in [2.45, 2.75) is 17.7 Å². The third-order valence-electron chi connectivity index (χ3n) is 2.76. The van der Waals surface area contributed by atoms with Crippen molar-refractivity contribution >= 4 is 27.1 Å². The first-order valence-corrected chi connectivity index (χ1v) is 7.50. The second-order valence-electron chi connectivity index (χ2n) is 4.05. The van der Waals surface area contributed by atoms with Gasteiger partial charge in [0, 0.05) is 19.3 Å². The zero-order valence-corrected chi connectivity index (χ0v) is 10.7. The molecule has 1 aromatic rings. The summed E-state index contributed by atoms with van der Waals surface area (Å²) in [6, 6.07) is 5.25. The first-order valence-electron chi connectivity index (χ1n) is 5.23. The summed E-state index contributed by atoms with van der Waals surface area (Å²) < 4.78 is 23.4. The van der Waals surface area contributed by atoms with Gasteiger partial charge >= 0.3 is 0 Å². The molecule has 0 unspecified atom stereocenters. The smallest absolute Gasteiger partial charge is 0.179 e. The van der Waals surface area contributed by atoms with E-state index in [2.05, 4.69) is 4.90 Å². The van der Waals surface area contributed by atoms with Gasteiger partial charge in [0.05, 0.1) is 10.7 Å². The molecule has 0 atom stereocenters. The second kappa shape index (κ2) is 4.26. The lowest BCUT2D eigenvalue weighted by atomic mass is 10.3. The molecular formula is C11H14ClNO2S. The Morgan fingerprint density at radius 2 is 1.88 bits per heavy atom. The molecule has 0 aliphatic carbocycles. The van der Waals surface area contributed by atoms with E-state index in [0.717, 1.165) is 31.6 Å². The average molecular weight is 260 g/mol. The number of anilines is 1. The highest BCUT2D eigenvalue weighted by molar-refractivity contribution is 7.91. The van der Waals surface area contributed by atoms with Crippen LogP contribution in [0.15, 0.2) is 23.1 Å².